The molecule has 0 bridgehead atoms. The second-order valence-corrected chi connectivity index (χ2v) is 6.45. The highest BCUT2D eigenvalue weighted by Gasteiger charge is 2.17. The lowest BCUT2D eigenvalue weighted by Gasteiger charge is -2.26. The first kappa shape index (κ1) is 22.2. The summed E-state index contributed by atoms with van der Waals surface area (Å²) < 4.78 is 5.37. The minimum atomic E-state index is 0. The summed E-state index contributed by atoms with van der Waals surface area (Å²) in [5.41, 5.74) is 2.20. The van der Waals surface area contributed by atoms with Gasteiger partial charge in [0, 0.05) is 37.8 Å². The molecule has 2 N–H and O–H groups in total. The smallest absolute Gasteiger partial charge is 0.225 e. The minimum Gasteiger partial charge on any atom is -0.379 e. The molecule has 2 saturated heterocycles. The number of halogens is 2. The van der Waals surface area contributed by atoms with Crippen LogP contribution >= 0.6 is 24.8 Å². The number of rotatable bonds is 6. The lowest BCUT2D eigenvalue weighted by Crippen LogP contribution is -2.37. The Kier molecular flexibility index (Phi) is 10.4. The van der Waals surface area contributed by atoms with E-state index in [-0.39, 0.29) is 30.7 Å². The van der Waals surface area contributed by atoms with E-state index in [0.29, 0.717) is 12.5 Å². The van der Waals surface area contributed by atoms with Crippen LogP contribution in [0.25, 0.3) is 0 Å². The van der Waals surface area contributed by atoms with Crippen molar-refractivity contribution in [1.29, 1.82) is 0 Å². The van der Waals surface area contributed by atoms with E-state index in [4.69, 9.17) is 4.74 Å². The molecule has 1 unspecified atom stereocenters. The van der Waals surface area contributed by atoms with Crippen molar-refractivity contribution in [1.82, 2.24) is 10.2 Å². The molecule has 0 spiro atoms. The predicted octanol–water partition coefficient (Wildman–Crippen LogP) is 2.49. The van der Waals surface area contributed by atoms with Crippen LogP contribution in [-0.2, 0) is 16.0 Å². The Bertz CT molecular complexity index is 502. The van der Waals surface area contributed by atoms with Gasteiger partial charge in [-0.3, -0.25) is 9.69 Å². The van der Waals surface area contributed by atoms with Crippen LogP contribution in [0.3, 0.4) is 0 Å². The molecule has 1 amide bonds. The van der Waals surface area contributed by atoms with Gasteiger partial charge in [-0.05, 0) is 43.5 Å². The molecule has 0 aromatic heterocycles. The molecule has 1 atom stereocenters. The topological polar surface area (TPSA) is 53.6 Å². The van der Waals surface area contributed by atoms with Crippen molar-refractivity contribution in [2.45, 2.75) is 31.7 Å². The number of nitrogens with zero attached hydrogens (tertiary/aromatic N) is 1. The van der Waals surface area contributed by atoms with Crippen LogP contribution in [0.1, 0.15) is 24.8 Å². The molecule has 7 heteroatoms. The van der Waals surface area contributed by atoms with Crippen LogP contribution < -0.4 is 10.6 Å². The van der Waals surface area contributed by atoms with E-state index in [0.717, 1.165) is 57.9 Å². The van der Waals surface area contributed by atoms with Crippen LogP contribution in [0, 0.1) is 0 Å². The van der Waals surface area contributed by atoms with E-state index >= 15 is 0 Å². The van der Waals surface area contributed by atoms with Gasteiger partial charge in [-0.1, -0.05) is 12.1 Å². The van der Waals surface area contributed by atoms with Gasteiger partial charge in [0.05, 0.1) is 13.2 Å². The predicted molar refractivity (Wildman–Crippen MR) is 106 cm³/mol. The maximum atomic E-state index is 12.0. The van der Waals surface area contributed by atoms with Gasteiger partial charge in [0.25, 0.3) is 0 Å². The maximum Gasteiger partial charge on any atom is 0.225 e. The summed E-state index contributed by atoms with van der Waals surface area (Å²) in [5.74, 6) is 0.102. The standard InChI is InChI=1S/C18H27N3O2.2ClH/c22-18(14-17-2-1-8-19-17)20-16-5-3-15(4-6-16)7-9-21-10-12-23-13-11-21;;/h3-6,17,19H,1-2,7-14H2,(H,20,22);2*1H. The Morgan fingerprint density at radius 2 is 1.92 bits per heavy atom. The summed E-state index contributed by atoms with van der Waals surface area (Å²) in [4.78, 5) is 14.5. The monoisotopic (exact) mass is 389 g/mol. The lowest BCUT2D eigenvalue weighted by atomic mass is 10.1. The van der Waals surface area contributed by atoms with E-state index < -0.39 is 0 Å². The van der Waals surface area contributed by atoms with Crippen molar-refractivity contribution in [3.8, 4) is 0 Å². The van der Waals surface area contributed by atoms with Crippen LogP contribution in [0.2, 0.25) is 0 Å². The summed E-state index contributed by atoms with van der Waals surface area (Å²) in [6, 6.07) is 8.60. The van der Waals surface area contributed by atoms with Crippen molar-refractivity contribution in [3.63, 3.8) is 0 Å². The highest BCUT2D eigenvalue weighted by molar-refractivity contribution is 5.91. The van der Waals surface area contributed by atoms with E-state index in [1.54, 1.807) is 0 Å². The zero-order chi connectivity index (χ0) is 15.9. The third kappa shape index (κ3) is 7.50. The molecule has 5 nitrogen and oxygen atoms in total. The molecule has 1 aromatic rings. The Labute approximate surface area is 162 Å². The van der Waals surface area contributed by atoms with Gasteiger partial charge in [-0.25, -0.2) is 0 Å². The number of carbonyl (C=O) groups is 1. The molecule has 0 radical (unpaired) electrons. The molecule has 2 heterocycles. The normalized spacial score (nSPS) is 20.4. The quantitative estimate of drug-likeness (QED) is 0.784. The zero-order valence-electron chi connectivity index (χ0n) is 14.5. The van der Waals surface area contributed by atoms with Gasteiger partial charge in [-0.2, -0.15) is 0 Å². The van der Waals surface area contributed by atoms with E-state index in [9.17, 15) is 4.79 Å². The van der Waals surface area contributed by atoms with Crippen molar-refractivity contribution in [2.75, 3.05) is 44.7 Å². The average Bonchev–Trinajstić information content (AvgIpc) is 3.08. The van der Waals surface area contributed by atoms with Crippen molar-refractivity contribution < 1.29 is 9.53 Å². The Balaban J connectivity index is 0.00000156. The SMILES string of the molecule is Cl.Cl.O=C(CC1CCCN1)Nc1ccc(CCN2CCOCC2)cc1. The average molecular weight is 390 g/mol. The number of hydrogen-bond acceptors (Lipinski definition) is 4. The van der Waals surface area contributed by atoms with Gasteiger partial charge in [0.15, 0.2) is 0 Å². The van der Waals surface area contributed by atoms with E-state index in [1.165, 1.54) is 12.0 Å². The van der Waals surface area contributed by atoms with Gasteiger partial charge in [-0.15, -0.1) is 24.8 Å². The third-order valence-corrected chi connectivity index (χ3v) is 4.65. The summed E-state index contributed by atoms with van der Waals surface area (Å²) >= 11 is 0. The summed E-state index contributed by atoms with van der Waals surface area (Å²) in [5, 5.41) is 6.35. The zero-order valence-corrected chi connectivity index (χ0v) is 16.2. The first-order valence-electron chi connectivity index (χ1n) is 8.72. The molecule has 142 valence electrons. The van der Waals surface area contributed by atoms with Gasteiger partial charge < -0.3 is 15.4 Å². The Morgan fingerprint density at radius 3 is 2.56 bits per heavy atom. The summed E-state index contributed by atoms with van der Waals surface area (Å²) in [6.45, 7) is 5.87. The van der Waals surface area contributed by atoms with E-state index in [1.807, 2.05) is 12.1 Å². The number of morpholine rings is 1. The molecule has 2 fully saturated rings. The van der Waals surface area contributed by atoms with Crippen LogP contribution in [0.15, 0.2) is 24.3 Å². The molecular formula is C18H29Cl2N3O2. The largest absolute Gasteiger partial charge is 0.379 e. The summed E-state index contributed by atoms with van der Waals surface area (Å²) in [7, 11) is 0. The molecule has 0 aliphatic carbocycles. The maximum absolute atomic E-state index is 12.0. The van der Waals surface area contributed by atoms with E-state index in [2.05, 4.69) is 27.7 Å². The number of hydrogen-bond donors (Lipinski definition) is 2. The molecule has 25 heavy (non-hydrogen) atoms. The first-order chi connectivity index (χ1) is 11.3. The molecule has 3 rings (SSSR count). The molecule has 0 saturated carbocycles. The Hall–Kier alpha value is -0.850. The number of benzene rings is 1. The molecule has 2 aliphatic heterocycles. The van der Waals surface area contributed by atoms with Crippen LogP contribution in [-0.4, -0.2) is 56.2 Å². The Morgan fingerprint density at radius 1 is 1.20 bits per heavy atom. The molecular weight excluding hydrogens is 361 g/mol. The number of amides is 1. The number of ether oxygens (including phenoxy) is 1. The van der Waals surface area contributed by atoms with Crippen molar-refractivity contribution >= 4 is 36.4 Å². The van der Waals surface area contributed by atoms with Crippen molar-refractivity contribution in [3.05, 3.63) is 29.8 Å². The van der Waals surface area contributed by atoms with Crippen LogP contribution in [0.4, 0.5) is 5.69 Å². The fourth-order valence-electron chi connectivity index (χ4n) is 3.23. The second-order valence-electron chi connectivity index (χ2n) is 6.45. The fourth-order valence-corrected chi connectivity index (χ4v) is 3.23. The van der Waals surface area contributed by atoms with Gasteiger partial charge in [0.2, 0.25) is 5.91 Å². The highest BCUT2D eigenvalue weighted by Crippen LogP contribution is 2.13. The van der Waals surface area contributed by atoms with Gasteiger partial charge >= 0.3 is 0 Å². The molecule has 1 aromatic carbocycles. The lowest BCUT2D eigenvalue weighted by molar-refractivity contribution is -0.116. The number of nitrogens with one attached hydrogen (secondary N) is 2. The number of carbonyl (C=O) groups excluding carboxylic acids is 1. The minimum absolute atomic E-state index is 0. The summed E-state index contributed by atoms with van der Waals surface area (Å²) in [6.07, 6.45) is 3.89. The number of anilines is 1. The first-order valence-corrected chi connectivity index (χ1v) is 8.72. The van der Waals surface area contributed by atoms with Crippen LogP contribution in [0.5, 0.6) is 0 Å². The highest BCUT2D eigenvalue weighted by atomic mass is 35.5. The van der Waals surface area contributed by atoms with Crippen molar-refractivity contribution in [2.24, 2.45) is 0 Å². The second kappa shape index (κ2) is 11.7. The third-order valence-electron chi connectivity index (χ3n) is 4.65. The van der Waals surface area contributed by atoms with Gasteiger partial charge in [0.1, 0.15) is 0 Å². The fraction of sp³-hybridized carbons (Fsp3) is 0.611. The molecule has 2 aliphatic rings.